The van der Waals surface area contributed by atoms with Crippen molar-refractivity contribution in [3.63, 3.8) is 0 Å². The van der Waals surface area contributed by atoms with E-state index in [4.69, 9.17) is 14.6 Å². The Balaban J connectivity index is 1.10. The molecule has 2 aliphatic rings. The molecule has 2 saturated heterocycles. The van der Waals surface area contributed by atoms with Gasteiger partial charge in [0.15, 0.2) is 5.75 Å². The van der Waals surface area contributed by atoms with Crippen molar-refractivity contribution in [3.05, 3.63) is 42.0 Å². The minimum absolute atomic E-state index is 0.0406. The molecule has 1 aromatic carbocycles. The standard InChI is InChI=1S/C33H50FN5O8/c1-2-46-26-17-36-33(37-18-26)38-10-7-22(8-11-38)4-3-13-47-25-6-5-24(27(34)15-25)14-30(43)39-12-9-23(20-39)16-35-19-28(41)31(44)32(45)29(42)21-40/h5-6,15,17-18,22-23,28-29,31-32,35,40-42,44-45H,2-4,7-14,16,19-21H2,1H3/t23-,28?,29?,31?,32?/m0/s1. The van der Waals surface area contributed by atoms with Crippen LogP contribution < -0.4 is 19.7 Å². The lowest BCUT2D eigenvalue weighted by Gasteiger charge is -2.32. The average molecular weight is 664 g/mol. The number of nitrogens with one attached hydrogen (secondary N) is 1. The van der Waals surface area contributed by atoms with Crippen LogP contribution in [0.15, 0.2) is 30.6 Å². The summed E-state index contributed by atoms with van der Waals surface area (Å²) < 4.78 is 26.1. The van der Waals surface area contributed by atoms with E-state index in [2.05, 4.69) is 20.2 Å². The second-order valence-electron chi connectivity index (χ2n) is 12.5. The summed E-state index contributed by atoms with van der Waals surface area (Å²) in [6.45, 7) is 5.50. The Bertz CT molecular complexity index is 1240. The predicted octanol–water partition coefficient (Wildman–Crippen LogP) is 0.507. The molecular formula is C33H50FN5O8. The van der Waals surface area contributed by atoms with Gasteiger partial charge in [0.05, 0.1) is 44.7 Å². The summed E-state index contributed by atoms with van der Waals surface area (Å²) in [7, 11) is 0. The van der Waals surface area contributed by atoms with Crippen molar-refractivity contribution in [1.82, 2.24) is 20.2 Å². The monoisotopic (exact) mass is 663 g/mol. The molecular weight excluding hydrogens is 613 g/mol. The van der Waals surface area contributed by atoms with E-state index in [1.54, 1.807) is 29.4 Å². The van der Waals surface area contributed by atoms with Gasteiger partial charge in [-0.2, -0.15) is 0 Å². The van der Waals surface area contributed by atoms with E-state index in [-0.39, 0.29) is 24.8 Å². The third-order valence-electron chi connectivity index (χ3n) is 8.97. The zero-order chi connectivity index (χ0) is 33.8. The molecule has 0 radical (unpaired) electrons. The molecule has 1 aromatic heterocycles. The number of aliphatic hydroxyl groups is 5. The maximum Gasteiger partial charge on any atom is 0.227 e. The van der Waals surface area contributed by atoms with E-state index in [1.807, 2.05) is 6.92 Å². The molecule has 262 valence electrons. The van der Waals surface area contributed by atoms with E-state index in [9.17, 15) is 29.6 Å². The van der Waals surface area contributed by atoms with Crippen LogP contribution in [-0.4, -0.2) is 130 Å². The third kappa shape index (κ3) is 10.9. The number of halogens is 1. The van der Waals surface area contributed by atoms with Gasteiger partial charge in [-0.1, -0.05) is 6.07 Å². The van der Waals surface area contributed by atoms with E-state index >= 15 is 0 Å². The van der Waals surface area contributed by atoms with Crippen LogP contribution >= 0.6 is 0 Å². The van der Waals surface area contributed by atoms with Gasteiger partial charge in [-0.25, -0.2) is 14.4 Å². The molecule has 3 heterocycles. The minimum Gasteiger partial charge on any atom is -0.493 e. The molecule has 0 aliphatic carbocycles. The maximum atomic E-state index is 14.9. The topological polar surface area (TPSA) is 181 Å². The Hall–Kier alpha value is -3.14. The summed E-state index contributed by atoms with van der Waals surface area (Å²) in [5, 5.41) is 51.0. The van der Waals surface area contributed by atoms with Gasteiger partial charge in [-0.3, -0.25) is 4.79 Å². The lowest BCUT2D eigenvalue weighted by atomic mass is 9.92. The molecule has 13 nitrogen and oxygen atoms in total. The highest BCUT2D eigenvalue weighted by Gasteiger charge is 2.31. The van der Waals surface area contributed by atoms with Gasteiger partial charge in [-0.05, 0) is 69.0 Å². The quantitative estimate of drug-likeness (QED) is 0.122. The summed E-state index contributed by atoms with van der Waals surface area (Å²) in [6.07, 6.45) is 1.89. The molecule has 1 amide bonds. The van der Waals surface area contributed by atoms with Crippen LogP contribution in [0.4, 0.5) is 10.3 Å². The SMILES string of the molecule is CCOc1cnc(N2CCC(CCCOc3ccc(CC(=O)N4CC[C@@H](CNCC(O)C(O)C(O)C(O)CO)C4)c(F)c3)CC2)nc1. The Kier molecular flexibility index (Phi) is 14.4. The minimum atomic E-state index is -1.68. The number of aliphatic hydroxyl groups excluding tert-OH is 5. The fourth-order valence-corrected chi connectivity index (χ4v) is 6.08. The van der Waals surface area contributed by atoms with E-state index in [0.717, 1.165) is 51.1 Å². The number of hydrogen-bond donors (Lipinski definition) is 6. The number of anilines is 1. The Labute approximate surface area is 275 Å². The van der Waals surface area contributed by atoms with Gasteiger partial charge < -0.3 is 50.1 Å². The average Bonchev–Trinajstić information content (AvgIpc) is 3.56. The molecule has 47 heavy (non-hydrogen) atoms. The van der Waals surface area contributed by atoms with Crippen molar-refractivity contribution in [2.45, 2.75) is 69.9 Å². The number of likely N-dealkylation sites (tertiary alicyclic amines) is 1. The predicted molar refractivity (Wildman–Crippen MR) is 172 cm³/mol. The smallest absolute Gasteiger partial charge is 0.227 e. The van der Waals surface area contributed by atoms with Crippen molar-refractivity contribution in [2.75, 3.05) is 64.0 Å². The zero-order valence-corrected chi connectivity index (χ0v) is 27.1. The first-order valence-electron chi connectivity index (χ1n) is 16.6. The molecule has 2 fully saturated rings. The number of carbonyl (C=O) groups excluding carboxylic acids is 1. The number of amides is 1. The van der Waals surface area contributed by atoms with E-state index in [0.29, 0.717) is 55.8 Å². The lowest BCUT2D eigenvalue weighted by Crippen LogP contribution is -2.49. The summed E-state index contributed by atoms with van der Waals surface area (Å²) in [5.74, 6) is 1.90. The number of rotatable bonds is 18. The van der Waals surface area contributed by atoms with Crippen LogP contribution in [0.25, 0.3) is 0 Å². The van der Waals surface area contributed by atoms with Crippen LogP contribution in [0.1, 0.15) is 44.6 Å². The summed E-state index contributed by atoms with van der Waals surface area (Å²) >= 11 is 0. The first-order valence-corrected chi connectivity index (χ1v) is 16.6. The van der Waals surface area contributed by atoms with Crippen LogP contribution in [0.3, 0.4) is 0 Å². The second-order valence-corrected chi connectivity index (χ2v) is 12.5. The van der Waals surface area contributed by atoms with Crippen LogP contribution in [-0.2, 0) is 11.2 Å². The highest BCUT2D eigenvalue weighted by molar-refractivity contribution is 5.79. The molecule has 4 rings (SSSR count). The maximum absolute atomic E-state index is 14.9. The second kappa shape index (κ2) is 18.4. The van der Waals surface area contributed by atoms with E-state index in [1.165, 1.54) is 6.07 Å². The first kappa shape index (κ1) is 36.7. The normalized spacial score (nSPS) is 19.8. The van der Waals surface area contributed by atoms with Crippen LogP contribution in [0.5, 0.6) is 11.5 Å². The molecule has 4 unspecified atom stereocenters. The highest BCUT2D eigenvalue weighted by atomic mass is 19.1. The Morgan fingerprint density at radius 3 is 2.38 bits per heavy atom. The highest BCUT2D eigenvalue weighted by Crippen LogP contribution is 2.26. The number of nitrogens with zero attached hydrogens (tertiary/aromatic N) is 4. The zero-order valence-electron chi connectivity index (χ0n) is 27.1. The molecule has 0 spiro atoms. The van der Waals surface area contributed by atoms with Crippen molar-refractivity contribution in [2.24, 2.45) is 11.8 Å². The van der Waals surface area contributed by atoms with Gasteiger partial charge in [-0.15, -0.1) is 0 Å². The van der Waals surface area contributed by atoms with Crippen LogP contribution in [0.2, 0.25) is 0 Å². The number of ether oxygens (including phenoxy) is 2. The number of benzene rings is 1. The van der Waals surface area contributed by atoms with Gasteiger partial charge in [0, 0.05) is 38.8 Å². The summed E-state index contributed by atoms with van der Waals surface area (Å²) in [4.78, 5) is 25.6. The molecule has 2 aliphatic heterocycles. The van der Waals surface area contributed by atoms with Gasteiger partial charge in [0.25, 0.3) is 0 Å². The van der Waals surface area contributed by atoms with E-state index < -0.39 is 36.8 Å². The Morgan fingerprint density at radius 2 is 1.70 bits per heavy atom. The molecule has 0 saturated carbocycles. The fraction of sp³-hybridized carbons (Fsp3) is 0.667. The lowest BCUT2D eigenvalue weighted by molar-refractivity contribution is -0.129. The molecule has 14 heteroatoms. The summed E-state index contributed by atoms with van der Waals surface area (Å²) in [5.41, 5.74) is 0.313. The number of aromatic nitrogens is 2. The van der Waals surface area contributed by atoms with Crippen molar-refractivity contribution in [3.8, 4) is 11.5 Å². The fourth-order valence-electron chi connectivity index (χ4n) is 6.08. The van der Waals surface area contributed by atoms with Crippen molar-refractivity contribution < 1.29 is 44.2 Å². The molecule has 6 N–H and O–H groups in total. The van der Waals surface area contributed by atoms with Gasteiger partial charge in [0.1, 0.15) is 29.9 Å². The van der Waals surface area contributed by atoms with Crippen molar-refractivity contribution in [1.29, 1.82) is 0 Å². The van der Waals surface area contributed by atoms with Crippen molar-refractivity contribution >= 4 is 11.9 Å². The largest absolute Gasteiger partial charge is 0.493 e. The molecule has 5 atom stereocenters. The van der Waals surface area contributed by atoms with Gasteiger partial charge >= 0.3 is 0 Å². The number of piperidine rings is 1. The summed E-state index contributed by atoms with van der Waals surface area (Å²) in [6, 6.07) is 4.64. The number of hydrogen-bond acceptors (Lipinski definition) is 12. The van der Waals surface area contributed by atoms with Gasteiger partial charge in [0.2, 0.25) is 11.9 Å². The molecule has 0 bridgehead atoms. The Morgan fingerprint density at radius 1 is 1.00 bits per heavy atom. The molecule has 2 aromatic rings. The van der Waals surface area contributed by atoms with Crippen LogP contribution in [0, 0.1) is 17.7 Å². The number of carbonyl (C=O) groups is 1. The first-order chi connectivity index (χ1) is 22.7. The third-order valence-corrected chi connectivity index (χ3v) is 8.97.